The number of hydrogen-bond donors (Lipinski definition) is 0. The highest BCUT2D eigenvalue weighted by atomic mass is 19.1. The van der Waals surface area contributed by atoms with Crippen LogP contribution in [0.2, 0.25) is 0 Å². The van der Waals surface area contributed by atoms with E-state index in [1.165, 1.54) is 18.5 Å². The molecule has 0 saturated carbocycles. The predicted molar refractivity (Wildman–Crippen MR) is 50.2 cm³/mol. The largest absolute Gasteiger partial charge is 0.249 e. The molecule has 4 nitrogen and oxygen atoms in total. The van der Waals surface area contributed by atoms with Crippen molar-refractivity contribution in [3.05, 3.63) is 47.8 Å². The van der Waals surface area contributed by atoms with Crippen molar-refractivity contribution in [2.45, 2.75) is 6.54 Å². The van der Waals surface area contributed by atoms with Crippen molar-refractivity contribution in [3.8, 4) is 6.07 Å². The zero-order valence-corrected chi connectivity index (χ0v) is 7.76. The van der Waals surface area contributed by atoms with Crippen LogP contribution in [0.3, 0.4) is 0 Å². The van der Waals surface area contributed by atoms with E-state index < -0.39 is 5.82 Å². The molecule has 0 atom stereocenters. The molecule has 0 N–H and O–H groups in total. The average molecular weight is 202 g/mol. The van der Waals surface area contributed by atoms with Gasteiger partial charge in [0.05, 0.1) is 12.1 Å². The van der Waals surface area contributed by atoms with Crippen molar-refractivity contribution in [3.63, 3.8) is 0 Å². The number of aromatic nitrogens is 3. The fourth-order valence-corrected chi connectivity index (χ4v) is 1.25. The highest BCUT2D eigenvalue weighted by molar-refractivity contribution is 5.33. The molecule has 0 spiro atoms. The quantitative estimate of drug-likeness (QED) is 0.738. The van der Waals surface area contributed by atoms with E-state index in [9.17, 15) is 4.39 Å². The summed E-state index contributed by atoms with van der Waals surface area (Å²) in [5, 5.41) is 12.5. The van der Waals surface area contributed by atoms with Crippen LogP contribution in [0.4, 0.5) is 4.39 Å². The van der Waals surface area contributed by atoms with Crippen molar-refractivity contribution >= 4 is 0 Å². The monoisotopic (exact) mass is 202 g/mol. The van der Waals surface area contributed by atoms with Gasteiger partial charge in [-0.05, 0) is 17.7 Å². The second-order valence-electron chi connectivity index (χ2n) is 3.02. The Morgan fingerprint density at radius 3 is 2.93 bits per heavy atom. The molecule has 0 bridgehead atoms. The molecule has 5 heteroatoms. The fraction of sp³-hybridized carbons (Fsp3) is 0.100. The minimum Gasteiger partial charge on any atom is -0.249 e. The van der Waals surface area contributed by atoms with Crippen LogP contribution in [0.15, 0.2) is 30.9 Å². The minimum atomic E-state index is -0.505. The van der Waals surface area contributed by atoms with Gasteiger partial charge >= 0.3 is 0 Å². The van der Waals surface area contributed by atoms with E-state index in [1.807, 2.05) is 0 Å². The van der Waals surface area contributed by atoms with E-state index in [0.717, 1.165) is 5.56 Å². The molecule has 1 heterocycles. The van der Waals surface area contributed by atoms with Gasteiger partial charge in [0.1, 0.15) is 24.5 Å². The zero-order chi connectivity index (χ0) is 10.7. The van der Waals surface area contributed by atoms with Crippen LogP contribution >= 0.6 is 0 Å². The lowest BCUT2D eigenvalue weighted by Crippen LogP contribution is -2.00. The van der Waals surface area contributed by atoms with Crippen LogP contribution in [0.5, 0.6) is 0 Å². The van der Waals surface area contributed by atoms with Gasteiger partial charge in [-0.25, -0.2) is 14.1 Å². The minimum absolute atomic E-state index is 0.0531. The molecule has 0 fully saturated rings. The summed E-state index contributed by atoms with van der Waals surface area (Å²) in [4.78, 5) is 3.78. The summed E-state index contributed by atoms with van der Waals surface area (Å²) >= 11 is 0. The van der Waals surface area contributed by atoms with Crippen LogP contribution in [0.1, 0.15) is 11.1 Å². The van der Waals surface area contributed by atoms with Gasteiger partial charge in [-0.1, -0.05) is 6.07 Å². The van der Waals surface area contributed by atoms with Gasteiger partial charge in [0.15, 0.2) is 0 Å². The Bertz CT molecular complexity index is 499. The lowest BCUT2D eigenvalue weighted by molar-refractivity contribution is 0.615. The first-order valence-corrected chi connectivity index (χ1v) is 4.30. The first kappa shape index (κ1) is 9.34. The van der Waals surface area contributed by atoms with Gasteiger partial charge in [-0.2, -0.15) is 10.4 Å². The van der Waals surface area contributed by atoms with E-state index in [2.05, 4.69) is 10.1 Å². The molecular formula is C10H7FN4. The normalized spacial score (nSPS) is 9.87. The fourth-order valence-electron chi connectivity index (χ4n) is 1.25. The first-order valence-electron chi connectivity index (χ1n) is 4.30. The highest BCUT2D eigenvalue weighted by Gasteiger charge is 2.03. The van der Waals surface area contributed by atoms with E-state index in [1.54, 1.807) is 23.1 Å². The van der Waals surface area contributed by atoms with Gasteiger partial charge in [0.25, 0.3) is 0 Å². The molecule has 0 radical (unpaired) electrons. The van der Waals surface area contributed by atoms with Gasteiger partial charge in [-0.3, -0.25) is 0 Å². The summed E-state index contributed by atoms with van der Waals surface area (Å²) in [5.41, 5.74) is 0.800. The third-order valence-corrected chi connectivity index (χ3v) is 1.97. The molecule has 0 saturated heterocycles. The summed E-state index contributed by atoms with van der Waals surface area (Å²) in [7, 11) is 0. The van der Waals surface area contributed by atoms with E-state index in [0.29, 0.717) is 6.54 Å². The SMILES string of the molecule is N#Cc1ccc(Cn2cncn2)cc1F. The van der Waals surface area contributed by atoms with Crippen LogP contribution in [-0.4, -0.2) is 14.8 Å². The maximum atomic E-state index is 13.2. The third kappa shape index (κ3) is 1.99. The summed E-state index contributed by atoms with van der Waals surface area (Å²) in [6, 6.07) is 6.26. The Morgan fingerprint density at radius 2 is 2.33 bits per heavy atom. The van der Waals surface area contributed by atoms with Crippen LogP contribution in [-0.2, 0) is 6.54 Å². The maximum absolute atomic E-state index is 13.2. The van der Waals surface area contributed by atoms with E-state index in [4.69, 9.17) is 5.26 Å². The van der Waals surface area contributed by atoms with Crippen LogP contribution in [0.25, 0.3) is 0 Å². The number of hydrogen-bond acceptors (Lipinski definition) is 3. The Labute approximate surface area is 85.6 Å². The third-order valence-electron chi connectivity index (χ3n) is 1.97. The second kappa shape index (κ2) is 3.88. The van der Waals surface area contributed by atoms with Crippen molar-refractivity contribution in [2.24, 2.45) is 0 Å². The van der Waals surface area contributed by atoms with Crippen molar-refractivity contribution in [1.82, 2.24) is 14.8 Å². The summed E-state index contributed by atoms with van der Waals surface area (Å²) in [6.07, 6.45) is 2.97. The lowest BCUT2D eigenvalue weighted by atomic mass is 10.1. The Kier molecular flexibility index (Phi) is 2.42. The van der Waals surface area contributed by atoms with Gasteiger partial charge in [0.2, 0.25) is 0 Å². The lowest BCUT2D eigenvalue weighted by Gasteiger charge is -2.01. The molecule has 0 aliphatic carbocycles. The van der Waals surface area contributed by atoms with E-state index in [-0.39, 0.29) is 5.56 Å². The van der Waals surface area contributed by atoms with Crippen LogP contribution in [0, 0.1) is 17.1 Å². The van der Waals surface area contributed by atoms with Gasteiger partial charge in [0, 0.05) is 0 Å². The maximum Gasteiger partial charge on any atom is 0.141 e. The van der Waals surface area contributed by atoms with Crippen molar-refractivity contribution in [1.29, 1.82) is 5.26 Å². The number of nitrogens with zero attached hydrogens (tertiary/aromatic N) is 4. The highest BCUT2D eigenvalue weighted by Crippen LogP contribution is 2.10. The molecular weight excluding hydrogens is 195 g/mol. The van der Waals surface area contributed by atoms with Crippen LogP contribution < -0.4 is 0 Å². The zero-order valence-electron chi connectivity index (χ0n) is 7.76. The van der Waals surface area contributed by atoms with Crippen molar-refractivity contribution in [2.75, 3.05) is 0 Å². The van der Waals surface area contributed by atoms with E-state index >= 15 is 0 Å². The average Bonchev–Trinajstić information content (AvgIpc) is 2.71. The second-order valence-corrected chi connectivity index (χ2v) is 3.02. The van der Waals surface area contributed by atoms with Crippen molar-refractivity contribution < 1.29 is 4.39 Å². The Balaban J connectivity index is 2.24. The number of halogens is 1. The number of rotatable bonds is 2. The summed E-state index contributed by atoms with van der Waals surface area (Å²) in [6.45, 7) is 0.447. The molecule has 1 aromatic carbocycles. The topological polar surface area (TPSA) is 54.5 Å². The van der Waals surface area contributed by atoms with Gasteiger partial charge < -0.3 is 0 Å². The Hall–Kier alpha value is -2.22. The summed E-state index contributed by atoms with van der Waals surface area (Å²) in [5.74, 6) is -0.505. The smallest absolute Gasteiger partial charge is 0.141 e. The molecule has 0 aliphatic heterocycles. The predicted octanol–water partition coefficient (Wildman–Crippen LogP) is 1.34. The standard InChI is InChI=1S/C10H7FN4/c11-10-3-8(1-2-9(10)4-12)5-15-7-13-6-14-15/h1-3,6-7H,5H2. The number of benzene rings is 1. The first-order chi connectivity index (χ1) is 7.29. The molecule has 15 heavy (non-hydrogen) atoms. The number of nitriles is 1. The molecule has 2 aromatic rings. The molecule has 2 rings (SSSR count). The molecule has 0 aliphatic rings. The molecule has 0 amide bonds. The Morgan fingerprint density at radius 1 is 1.47 bits per heavy atom. The summed E-state index contributed by atoms with van der Waals surface area (Å²) < 4.78 is 14.8. The molecule has 74 valence electrons. The molecule has 1 aromatic heterocycles. The molecule has 0 unspecified atom stereocenters. The van der Waals surface area contributed by atoms with Gasteiger partial charge in [-0.15, -0.1) is 0 Å².